The molecule has 5 rings (SSSR count). The van der Waals surface area contributed by atoms with Crippen molar-refractivity contribution in [1.82, 2.24) is 20.5 Å². The average molecular weight is 500 g/mol. The number of hydrogen-bond donors (Lipinski definition) is 2. The molecule has 0 saturated heterocycles. The third-order valence-corrected chi connectivity index (χ3v) is 6.71. The van der Waals surface area contributed by atoms with Crippen LogP contribution in [-0.4, -0.2) is 41.0 Å². The normalized spacial score (nSPS) is 22.8. The lowest BCUT2D eigenvalue weighted by atomic mass is 9.94. The van der Waals surface area contributed by atoms with Crippen molar-refractivity contribution in [1.29, 1.82) is 0 Å². The number of nitrogens with one attached hydrogen (secondary N) is 2. The van der Waals surface area contributed by atoms with E-state index in [2.05, 4.69) is 95.0 Å². The molecule has 0 saturated carbocycles. The number of aromatic amines is 1. The number of nitrogens with zero attached hydrogens (tertiary/aromatic N) is 3. The van der Waals surface area contributed by atoms with Crippen LogP contribution in [-0.2, 0) is 6.42 Å². The maximum atomic E-state index is 4.94. The Kier molecular flexibility index (Phi) is 8.19. The Hall–Kier alpha value is -4.31. The second kappa shape index (κ2) is 12.3. The molecule has 2 aromatic rings. The molecule has 1 aliphatic heterocycles. The zero-order chi connectivity index (χ0) is 26.2. The predicted molar refractivity (Wildman–Crippen MR) is 158 cm³/mol. The maximum absolute atomic E-state index is 4.94. The Morgan fingerprint density at radius 1 is 1.03 bits per heavy atom. The topological polar surface area (TPSA) is 66.0 Å². The Balaban J connectivity index is 1.43. The zero-order valence-corrected chi connectivity index (χ0v) is 22.0. The number of aliphatic imine (C=N–C) groups is 1. The summed E-state index contributed by atoms with van der Waals surface area (Å²) in [6.45, 7) is 3.81. The van der Waals surface area contributed by atoms with Crippen LogP contribution in [0.4, 0.5) is 0 Å². The van der Waals surface area contributed by atoms with Gasteiger partial charge in [-0.15, -0.1) is 5.73 Å². The van der Waals surface area contributed by atoms with Crippen molar-refractivity contribution in [3.8, 4) is 11.4 Å². The standard InChI is InChI=1S/C33H33N5/c1-3-29-14-8-16-32(37-29)33-30(23-36-38-33)26-12-7-13-27-21-28(11-5-4-10-25(27)17-18-26)31-15-6-9-24(22-35-31)19-20-34-2/h4,6-9,11-18,21,23,34H,3,5,19-20,22H2,1-2H3,(H,36,38)/b13-7+,18-17-,26-12-,27-21-,28-11+. The van der Waals surface area contributed by atoms with E-state index >= 15 is 0 Å². The van der Waals surface area contributed by atoms with Gasteiger partial charge < -0.3 is 5.32 Å². The molecule has 2 aliphatic carbocycles. The summed E-state index contributed by atoms with van der Waals surface area (Å²) >= 11 is 0. The Morgan fingerprint density at radius 3 is 2.84 bits per heavy atom. The summed E-state index contributed by atoms with van der Waals surface area (Å²) in [5.74, 6) is 0. The first-order valence-electron chi connectivity index (χ1n) is 13.2. The number of hydrogen-bond acceptors (Lipinski definition) is 4. The van der Waals surface area contributed by atoms with Crippen molar-refractivity contribution in [2.75, 3.05) is 20.1 Å². The van der Waals surface area contributed by atoms with Crippen LogP contribution in [0.3, 0.4) is 0 Å². The molecule has 2 N–H and O–H groups in total. The van der Waals surface area contributed by atoms with Gasteiger partial charge in [0.25, 0.3) is 0 Å². The van der Waals surface area contributed by atoms with Crippen LogP contribution in [0.1, 0.15) is 31.0 Å². The molecular formula is C33H33N5. The molecule has 3 heterocycles. The van der Waals surface area contributed by atoms with Crippen LogP contribution in [0, 0.1) is 0 Å². The van der Waals surface area contributed by atoms with Crippen LogP contribution in [0.25, 0.3) is 17.0 Å². The molecule has 0 aromatic carbocycles. The van der Waals surface area contributed by atoms with Gasteiger partial charge in [0, 0.05) is 23.0 Å². The fraction of sp³-hybridized carbons (Fsp3) is 0.212. The van der Waals surface area contributed by atoms with Crippen molar-refractivity contribution < 1.29 is 0 Å². The summed E-state index contributed by atoms with van der Waals surface area (Å²) in [5.41, 5.74) is 14.0. The molecule has 0 unspecified atom stereocenters. The van der Waals surface area contributed by atoms with E-state index in [0.717, 1.165) is 83.0 Å². The number of aryl methyl sites for hydroxylation is 1. The van der Waals surface area contributed by atoms with Crippen molar-refractivity contribution in [2.24, 2.45) is 4.99 Å². The molecule has 38 heavy (non-hydrogen) atoms. The van der Waals surface area contributed by atoms with Crippen molar-refractivity contribution in [2.45, 2.75) is 26.2 Å². The number of rotatable bonds is 7. The largest absolute Gasteiger partial charge is 0.319 e. The van der Waals surface area contributed by atoms with Crippen LogP contribution >= 0.6 is 0 Å². The lowest BCUT2D eigenvalue weighted by molar-refractivity contribution is 0.775. The first-order chi connectivity index (χ1) is 18.7. The highest BCUT2D eigenvalue weighted by Gasteiger charge is 2.14. The molecule has 3 aliphatic rings. The molecular weight excluding hydrogens is 466 g/mol. The molecule has 2 aromatic heterocycles. The number of allylic oxidation sites excluding steroid dienone is 14. The average Bonchev–Trinajstić information content (AvgIpc) is 3.29. The van der Waals surface area contributed by atoms with E-state index in [1.54, 1.807) is 0 Å². The highest BCUT2D eigenvalue weighted by molar-refractivity contribution is 6.11. The second-order valence-corrected chi connectivity index (χ2v) is 9.33. The maximum Gasteiger partial charge on any atom is 0.118 e. The highest BCUT2D eigenvalue weighted by atomic mass is 15.1. The monoisotopic (exact) mass is 499 g/mol. The minimum Gasteiger partial charge on any atom is -0.319 e. The molecule has 0 amide bonds. The molecule has 0 atom stereocenters. The van der Waals surface area contributed by atoms with Gasteiger partial charge in [0.15, 0.2) is 0 Å². The van der Waals surface area contributed by atoms with Gasteiger partial charge in [-0.25, -0.2) is 0 Å². The zero-order valence-electron chi connectivity index (χ0n) is 22.0. The van der Waals surface area contributed by atoms with Crippen LogP contribution in [0.5, 0.6) is 0 Å². The molecule has 0 radical (unpaired) electrons. The Morgan fingerprint density at radius 2 is 1.95 bits per heavy atom. The van der Waals surface area contributed by atoms with E-state index in [4.69, 9.17) is 9.98 Å². The molecule has 0 fully saturated rings. The van der Waals surface area contributed by atoms with Gasteiger partial charge in [-0.05, 0) is 91.6 Å². The lowest BCUT2D eigenvalue weighted by Crippen LogP contribution is -2.09. The van der Waals surface area contributed by atoms with Gasteiger partial charge in [0.05, 0.1) is 18.0 Å². The highest BCUT2D eigenvalue weighted by Crippen LogP contribution is 2.30. The SMILES string of the molecule is CCc1cccc(-c2n[nH]cc2C2=C\C=C\C3=C\C(C4=NCC(CCNC)=CC=C4)=C/CC=C=C3/C=C\2)n1. The Labute approximate surface area is 224 Å². The Bertz CT molecular complexity index is 1510. The van der Waals surface area contributed by atoms with Crippen LogP contribution in [0.2, 0.25) is 0 Å². The number of aromatic nitrogens is 3. The third kappa shape index (κ3) is 5.97. The first-order valence-corrected chi connectivity index (χ1v) is 13.2. The van der Waals surface area contributed by atoms with Gasteiger partial charge in [-0.3, -0.25) is 15.1 Å². The van der Waals surface area contributed by atoms with Gasteiger partial charge in [0.1, 0.15) is 5.69 Å². The summed E-state index contributed by atoms with van der Waals surface area (Å²) in [4.78, 5) is 9.72. The van der Waals surface area contributed by atoms with Gasteiger partial charge >= 0.3 is 0 Å². The van der Waals surface area contributed by atoms with Crippen molar-refractivity contribution in [3.05, 3.63) is 131 Å². The fourth-order valence-electron chi connectivity index (χ4n) is 4.58. The van der Waals surface area contributed by atoms with Crippen LogP contribution in [0.15, 0.2) is 124 Å². The summed E-state index contributed by atoms with van der Waals surface area (Å²) in [6, 6.07) is 6.11. The molecule has 5 heteroatoms. The quantitative estimate of drug-likeness (QED) is 0.432. The molecule has 5 nitrogen and oxygen atoms in total. The molecule has 190 valence electrons. The minimum absolute atomic E-state index is 0.730. The van der Waals surface area contributed by atoms with E-state index in [1.807, 2.05) is 31.4 Å². The van der Waals surface area contributed by atoms with Crippen molar-refractivity contribution in [3.63, 3.8) is 0 Å². The van der Waals surface area contributed by atoms with Gasteiger partial charge in [0.2, 0.25) is 0 Å². The van der Waals surface area contributed by atoms with E-state index < -0.39 is 0 Å². The van der Waals surface area contributed by atoms with E-state index in [0.29, 0.717) is 0 Å². The van der Waals surface area contributed by atoms with E-state index in [1.165, 1.54) is 5.57 Å². The summed E-state index contributed by atoms with van der Waals surface area (Å²) in [5, 5.41) is 10.8. The van der Waals surface area contributed by atoms with Gasteiger partial charge in [-0.1, -0.05) is 55.5 Å². The third-order valence-electron chi connectivity index (χ3n) is 6.71. The smallest absolute Gasteiger partial charge is 0.118 e. The van der Waals surface area contributed by atoms with E-state index in [9.17, 15) is 0 Å². The fourth-order valence-corrected chi connectivity index (χ4v) is 4.58. The predicted octanol–water partition coefficient (Wildman–Crippen LogP) is 6.43. The van der Waals surface area contributed by atoms with Crippen LogP contribution < -0.4 is 5.32 Å². The number of fused-ring (bicyclic) bond motifs is 1. The number of H-pyrrole nitrogens is 1. The minimum atomic E-state index is 0.730. The number of pyridine rings is 1. The van der Waals surface area contributed by atoms with Gasteiger partial charge in [-0.2, -0.15) is 5.10 Å². The van der Waals surface area contributed by atoms with E-state index in [-0.39, 0.29) is 0 Å². The van der Waals surface area contributed by atoms with Crippen molar-refractivity contribution >= 4 is 11.3 Å². The molecule has 0 bridgehead atoms. The summed E-state index contributed by atoms with van der Waals surface area (Å²) in [6.07, 6.45) is 28.3. The lowest BCUT2D eigenvalue weighted by Gasteiger charge is -2.11. The second-order valence-electron chi connectivity index (χ2n) is 9.33. The first kappa shape index (κ1) is 25.3. The summed E-state index contributed by atoms with van der Waals surface area (Å²) < 4.78 is 0. The molecule has 0 spiro atoms. The summed E-state index contributed by atoms with van der Waals surface area (Å²) in [7, 11) is 1.98.